The minimum atomic E-state index is -0.331. The van der Waals surface area contributed by atoms with E-state index in [0.29, 0.717) is 39.3 Å². The number of anilines is 1. The van der Waals surface area contributed by atoms with Gasteiger partial charge >= 0.3 is 5.97 Å². The van der Waals surface area contributed by atoms with Crippen LogP contribution in [0.15, 0.2) is 29.8 Å². The molecule has 3 heterocycles. The number of hydrogen-bond acceptors (Lipinski definition) is 7. The fraction of sp³-hybridized carbons (Fsp3) is 0.350. The van der Waals surface area contributed by atoms with Gasteiger partial charge in [0.05, 0.1) is 18.5 Å². The molecule has 0 aliphatic rings. The second kappa shape index (κ2) is 10.2. The first-order valence-electron chi connectivity index (χ1n) is 9.55. The van der Waals surface area contributed by atoms with E-state index in [1.54, 1.807) is 19.2 Å². The molecule has 0 spiro atoms. The van der Waals surface area contributed by atoms with Gasteiger partial charge in [-0.05, 0) is 43.8 Å². The van der Waals surface area contributed by atoms with E-state index in [0.717, 1.165) is 18.5 Å². The standard InChI is InChI=1S/C20H23N5O2S2/c1-3-5-6-9-21-20(28)25-17-8-7-14-18(24-17)23-15(11-22-14)13-10-16(29-12-13)19(26)27-4-2/h7-8,10-12H,3-6,9H2,1-2H3,(H2,21,23,24,25,28). The maximum atomic E-state index is 11.9. The first kappa shape index (κ1) is 21.1. The molecule has 29 heavy (non-hydrogen) atoms. The number of ether oxygens (including phenoxy) is 1. The Morgan fingerprint density at radius 3 is 2.90 bits per heavy atom. The molecular weight excluding hydrogens is 406 g/mol. The van der Waals surface area contributed by atoms with Crippen molar-refractivity contribution >= 4 is 51.6 Å². The average molecular weight is 430 g/mol. The van der Waals surface area contributed by atoms with Gasteiger partial charge in [-0.3, -0.25) is 4.98 Å². The van der Waals surface area contributed by atoms with Gasteiger partial charge in [0.2, 0.25) is 0 Å². The maximum absolute atomic E-state index is 11.9. The lowest BCUT2D eigenvalue weighted by Crippen LogP contribution is -2.29. The Kier molecular flexibility index (Phi) is 7.42. The Labute approximate surface area is 178 Å². The number of aromatic nitrogens is 3. The molecule has 3 aromatic heterocycles. The van der Waals surface area contributed by atoms with Crippen LogP contribution >= 0.6 is 23.6 Å². The summed E-state index contributed by atoms with van der Waals surface area (Å²) in [5, 5.41) is 8.66. The topological polar surface area (TPSA) is 89.0 Å². The molecule has 0 bridgehead atoms. The summed E-state index contributed by atoms with van der Waals surface area (Å²) in [6, 6.07) is 5.43. The maximum Gasteiger partial charge on any atom is 0.348 e. The zero-order valence-corrected chi connectivity index (χ0v) is 18.0. The Hall–Kier alpha value is -2.65. The Morgan fingerprint density at radius 2 is 2.10 bits per heavy atom. The number of esters is 1. The van der Waals surface area contributed by atoms with E-state index in [-0.39, 0.29) is 5.97 Å². The van der Waals surface area contributed by atoms with Gasteiger partial charge in [-0.25, -0.2) is 14.8 Å². The Morgan fingerprint density at radius 1 is 1.24 bits per heavy atom. The van der Waals surface area contributed by atoms with Crippen molar-refractivity contribution in [1.29, 1.82) is 0 Å². The van der Waals surface area contributed by atoms with E-state index in [2.05, 4.69) is 32.5 Å². The smallest absolute Gasteiger partial charge is 0.348 e. The molecule has 0 unspecified atom stereocenters. The van der Waals surface area contributed by atoms with Gasteiger partial charge in [0.15, 0.2) is 10.8 Å². The highest BCUT2D eigenvalue weighted by atomic mass is 32.1. The normalized spacial score (nSPS) is 10.7. The molecule has 152 valence electrons. The van der Waals surface area contributed by atoms with Crippen LogP contribution in [0.1, 0.15) is 42.8 Å². The van der Waals surface area contributed by atoms with Gasteiger partial charge in [-0.1, -0.05) is 19.8 Å². The van der Waals surface area contributed by atoms with E-state index < -0.39 is 0 Å². The van der Waals surface area contributed by atoms with Gasteiger partial charge in [0.25, 0.3) is 0 Å². The van der Waals surface area contributed by atoms with E-state index in [1.807, 2.05) is 17.5 Å². The first-order chi connectivity index (χ1) is 14.1. The SMILES string of the molecule is CCCCCNC(=S)Nc1ccc2ncc(-c3csc(C(=O)OCC)c3)nc2n1. The van der Waals surface area contributed by atoms with Crippen molar-refractivity contribution in [3.8, 4) is 11.3 Å². The van der Waals surface area contributed by atoms with Crippen LogP contribution in [0.4, 0.5) is 5.82 Å². The second-order valence-corrected chi connectivity index (χ2v) is 7.62. The molecule has 0 fully saturated rings. The molecule has 0 aliphatic carbocycles. The highest BCUT2D eigenvalue weighted by molar-refractivity contribution is 7.80. The highest BCUT2D eigenvalue weighted by Gasteiger charge is 2.13. The number of carbonyl (C=O) groups excluding carboxylic acids is 1. The van der Waals surface area contributed by atoms with Crippen molar-refractivity contribution in [3.63, 3.8) is 0 Å². The summed E-state index contributed by atoms with van der Waals surface area (Å²) >= 11 is 6.64. The van der Waals surface area contributed by atoms with Gasteiger partial charge in [0.1, 0.15) is 16.2 Å². The lowest BCUT2D eigenvalue weighted by Gasteiger charge is -2.10. The molecule has 9 heteroatoms. The second-order valence-electron chi connectivity index (χ2n) is 6.30. The molecule has 3 aromatic rings. The zero-order valence-electron chi connectivity index (χ0n) is 16.4. The number of fused-ring (bicyclic) bond motifs is 1. The number of nitrogens with zero attached hydrogens (tertiary/aromatic N) is 3. The number of rotatable bonds is 8. The van der Waals surface area contributed by atoms with Crippen molar-refractivity contribution in [1.82, 2.24) is 20.3 Å². The average Bonchev–Trinajstić information content (AvgIpc) is 3.21. The molecule has 0 saturated carbocycles. The van der Waals surface area contributed by atoms with Crippen LogP contribution in [0.3, 0.4) is 0 Å². The molecular formula is C20H23N5O2S2. The van der Waals surface area contributed by atoms with E-state index in [4.69, 9.17) is 17.0 Å². The van der Waals surface area contributed by atoms with Gasteiger partial charge in [0, 0.05) is 17.5 Å². The fourth-order valence-corrected chi connectivity index (χ4v) is 3.62. The summed E-state index contributed by atoms with van der Waals surface area (Å²) < 4.78 is 5.04. The van der Waals surface area contributed by atoms with Crippen molar-refractivity contribution in [2.75, 3.05) is 18.5 Å². The van der Waals surface area contributed by atoms with Crippen LogP contribution in [-0.2, 0) is 4.74 Å². The number of hydrogen-bond donors (Lipinski definition) is 2. The van der Waals surface area contributed by atoms with Crippen LogP contribution in [0.25, 0.3) is 22.4 Å². The minimum Gasteiger partial charge on any atom is -0.462 e. The van der Waals surface area contributed by atoms with E-state index >= 15 is 0 Å². The number of unbranched alkanes of at least 4 members (excludes halogenated alkanes) is 2. The molecule has 2 N–H and O–H groups in total. The van der Waals surface area contributed by atoms with Gasteiger partial charge < -0.3 is 15.4 Å². The van der Waals surface area contributed by atoms with Crippen LogP contribution in [0, 0.1) is 0 Å². The third-order valence-electron chi connectivity index (χ3n) is 4.09. The molecule has 0 aliphatic heterocycles. The summed E-state index contributed by atoms with van der Waals surface area (Å²) in [6.45, 7) is 5.12. The molecule has 7 nitrogen and oxygen atoms in total. The molecule has 0 aromatic carbocycles. The summed E-state index contributed by atoms with van der Waals surface area (Å²) in [5.74, 6) is 0.275. The number of thiophene rings is 1. The van der Waals surface area contributed by atoms with Crippen molar-refractivity contribution < 1.29 is 9.53 Å². The van der Waals surface area contributed by atoms with Gasteiger partial charge in [-0.15, -0.1) is 11.3 Å². The molecule has 0 saturated heterocycles. The Bertz CT molecular complexity index is 1010. The molecule has 3 rings (SSSR count). The quantitative estimate of drug-likeness (QED) is 0.309. The number of nitrogens with one attached hydrogen (secondary N) is 2. The number of pyridine rings is 1. The van der Waals surface area contributed by atoms with Gasteiger partial charge in [-0.2, -0.15) is 0 Å². The number of thiocarbonyl (C=S) groups is 1. The zero-order chi connectivity index (χ0) is 20.6. The predicted octanol–water partition coefficient (Wildman–Crippen LogP) is 4.41. The van der Waals surface area contributed by atoms with Crippen LogP contribution in [0.2, 0.25) is 0 Å². The summed E-state index contributed by atoms with van der Waals surface area (Å²) in [7, 11) is 0. The summed E-state index contributed by atoms with van der Waals surface area (Å²) in [5.41, 5.74) is 2.64. The monoisotopic (exact) mass is 429 g/mol. The summed E-state index contributed by atoms with van der Waals surface area (Å²) in [4.78, 5) is 25.9. The van der Waals surface area contributed by atoms with Crippen molar-refractivity contribution in [3.05, 3.63) is 34.7 Å². The number of carbonyl (C=O) groups is 1. The lowest BCUT2D eigenvalue weighted by molar-refractivity contribution is 0.0532. The molecule has 0 radical (unpaired) electrons. The molecule has 0 amide bonds. The third-order valence-corrected chi connectivity index (χ3v) is 5.24. The molecule has 0 atom stereocenters. The Balaban J connectivity index is 1.73. The largest absolute Gasteiger partial charge is 0.462 e. The first-order valence-corrected chi connectivity index (χ1v) is 10.8. The summed E-state index contributed by atoms with van der Waals surface area (Å²) in [6.07, 6.45) is 5.09. The highest BCUT2D eigenvalue weighted by Crippen LogP contribution is 2.25. The van der Waals surface area contributed by atoms with Crippen LogP contribution in [-0.4, -0.2) is 39.2 Å². The van der Waals surface area contributed by atoms with E-state index in [9.17, 15) is 4.79 Å². The van der Waals surface area contributed by atoms with Crippen molar-refractivity contribution in [2.24, 2.45) is 0 Å². The third kappa shape index (κ3) is 5.68. The van der Waals surface area contributed by atoms with Crippen LogP contribution < -0.4 is 10.6 Å². The van der Waals surface area contributed by atoms with Crippen molar-refractivity contribution in [2.45, 2.75) is 33.1 Å². The lowest BCUT2D eigenvalue weighted by atomic mass is 10.2. The predicted molar refractivity (Wildman–Crippen MR) is 120 cm³/mol. The minimum absolute atomic E-state index is 0.331. The van der Waals surface area contributed by atoms with Crippen LogP contribution in [0.5, 0.6) is 0 Å². The van der Waals surface area contributed by atoms with E-state index in [1.165, 1.54) is 24.2 Å². The fourth-order valence-electron chi connectivity index (χ4n) is 2.62.